The smallest absolute Gasteiger partial charge is 0.149 e. The van der Waals surface area contributed by atoms with Crippen LogP contribution in [0.2, 0.25) is 0 Å². The van der Waals surface area contributed by atoms with E-state index in [2.05, 4.69) is 26.1 Å². The zero-order chi connectivity index (χ0) is 11.0. The van der Waals surface area contributed by atoms with Gasteiger partial charge < -0.3 is 5.32 Å². The summed E-state index contributed by atoms with van der Waals surface area (Å²) in [5, 5.41) is 3.33. The van der Waals surface area contributed by atoms with Crippen molar-refractivity contribution in [2.75, 3.05) is 11.5 Å². The Kier molecular flexibility index (Phi) is 8.29. The molecule has 0 aliphatic rings. The van der Waals surface area contributed by atoms with E-state index < -0.39 is 0 Å². The molecule has 2 nitrogen and oxygen atoms in total. The Hall–Kier alpha value is -0.0200. The normalized spacial score (nSPS) is 13.2. The van der Waals surface area contributed by atoms with Crippen molar-refractivity contribution in [2.24, 2.45) is 0 Å². The lowest BCUT2D eigenvalue weighted by Crippen LogP contribution is -2.41. The lowest BCUT2D eigenvalue weighted by Gasteiger charge is -2.19. The molecule has 0 aliphatic carbocycles. The molecule has 0 bridgehead atoms. The molecular formula is C11H23NOS. The summed E-state index contributed by atoms with van der Waals surface area (Å²) in [4.78, 5) is 11.6. The maximum Gasteiger partial charge on any atom is 0.149 e. The highest BCUT2D eigenvalue weighted by molar-refractivity contribution is 7.99. The van der Waals surface area contributed by atoms with E-state index in [1.54, 1.807) is 0 Å². The molecule has 1 unspecified atom stereocenters. The fraction of sp³-hybridized carbons (Fsp3) is 0.909. The number of nitrogens with one attached hydrogen (secondary N) is 1. The highest BCUT2D eigenvalue weighted by atomic mass is 32.2. The molecule has 84 valence electrons. The van der Waals surface area contributed by atoms with Crippen LogP contribution in [0.15, 0.2) is 0 Å². The lowest BCUT2D eigenvalue weighted by atomic mass is 10.1. The minimum Gasteiger partial charge on any atom is -0.305 e. The van der Waals surface area contributed by atoms with Crippen molar-refractivity contribution in [3.8, 4) is 0 Å². The molecule has 0 heterocycles. The molecule has 0 spiro atoms. The van der Waals surface area contributed by atoms with Crippen LogP contribution in [0.25, 0.3) is 0 Å². The molecule has 3 heteroatoms. The first-order chi connectivity index (χ1) is 6.61. The number of carbonyl (C=O) groups is 1. The van der Waals surface area contributed by atoms with Crippen LogP contribution in [0.4, 0.5) is 0 Å². The number of Topliss-reactive ketones (excluding diaryl/α,β-unsaturated/α-hetero) is 1. The van der Waals surface area contributed by atoms with Gasteiger partial charge in [0.15, 0.2) is 0 Å². The molecule has 0 aromatic carbocycles. The monoisotopic (exact) mass is 217 g/mol. The largest absolute Gasteiger partial charge is 0.305 e. The van der Waals surface area contributed by atoms with Gasteiger partial charge >= 0.3 is 0 Å². The fourth-order valence-corrected chi connectivity index (χ4v) is 2.02. The number of thioether (sulfide) groups is 1. The van der Waals surface area contributed by atoms with Gasteiger partial charge in [-0.15, -0.1) is 0 Å². The van der Waals surface area contributed by atoms with Crippen molar-refractivity contribution in [1.29, 1.82) is 0 Å². The van der Waals surface area contributed by atoms with Crippen LogP contribution in [0.5, 0.6) is 0 Å². The maximum atomic E-state index is 11.6. The SMILES string of the molecule is CCSCCC(NC(C)C)C(=O)CC. The van der Waals surface area contributed by atoms with Crippen LogP contribution in [0, 0.1) is 0 Å². The Bertz CT molecular complexity index is 159. The fourth-order valence-electron chi connectivity index (χ4n) is 1.33. The summed E-state index contributed by atoms with van der Waals surface area (Å²) in [6.07, 6.45) is 1.60. The van der Waals surface area contributed by atoms with Crippen LogP contribution in [0.1, 0.15) is 40.5 Å². The third-order valence-corrected chi connectivity index (χ3v) is 2.96. The zero-order valence-electron chi connectivity index (χ0n) is 9.80. The summed E-state index contributed by atoms with van der Waals surface area (Å²) in [5.41, 5.74) is 0. The van der Waals surface area contributed by atoms with Crippen molar-refractivity contribution < 1.29 is 4.79 Å². The van der Waals surface area contributed by atoms with Crippen LogP contribution >= 0.6 is 11.8 Å². The van der Waals surface area contributed by atoms with Gasteiger partial charge in [0.1, 0.15) is 5.78 Å². The van der Waals surface area contributed by atoms with Gasteiger partial charge in [0.05, 0.1) is 6.04 Å². The van der Waals surface area contributed by atoms with E-state index in [-0.39, 0.29) is 6.04 Å². The van der Waals surface area contributed by atoms with Crippen molar-refractivity contribution in [2.45, 2.75) is 52.6 Å². The molecule has 0 saturated heterocycles. The van der Waals surface area contributed by atoms with Gasteiger partial charge in [-0.05, 0) is 17.9 Å². The first kappa shape index (κ1) is 14.0. The summed E-state index contributed by atoms with van der Waals surface area (Å²) in [5.74, 6) is 2.55. The number of hydrogen-bond donors (Lipinski definition) is 1. The zero-order valence-corrected chi connectivity index (χ0v) is 10.6. The summed E-state index contributed by atoms with van der Waals surface area (Å²) < 4.78 is 0. The molecule has 1 N–H and O–H groups in total. The second-order valence-electron chi connectivity index (χ2n) is 3.68. The summed E-state index contributed by atoms with van der Waals surface area (Å²) in [7, 11) is 0. The van der Waals surface area contributed by atoms with Crippen LogP contribution in [0.3, 0.4) is 0 Å². The van der Waals surface area contributed by atoms with Crippen molar-refractivity contribution in [3.05, 3.63) is 0 Å². The van der Waals surface area contributed by atoms with Gasteiger partial charge in [0.25, 0.3) is 0 Å². The molecule has 0 rings (SSSR count). The lowest BCUT2D eigenvalue weighted by molar-refractivity contribution is -0.121. The first-order valence-corrected chi connectivity index (χ1v) is 6.63. The van der Waals surface area contributed by atoms with Gasteiger partial charge in [-0.2, -0.15) is 11.8 Å². The second kappa shape index (κ2) is 8.30. The Morgan fingerprint density at radius 1 is 1.36 bits per heavy atom. The van der Waals surface area contributed by atoms with Crippen LogP contribution < -0.4 is 5.32 Å². The van der Waals surface area contributed by atoms with E-state index in [9.17, 15) is 4.79 Å². The summed E-state index contributed by atoms with van der Waals surface area (Å²) in [6.45, 7) is 8.26. The number of carbonyl (C=O) groups excluding carboxylic acids is 1. The average Bonchev–Trinajstić information content (AvgIpc) is 2.15. The summed E-state index contributed by atoms with van der Waals surface area (Å²) >= 11 is 1.90. The number of rotatable bonds is 8. The van der Waals surface area contributed by atoms with E-state index in [4.69, 9.17) is 0 Å². The molecule has 0 saturated carbocycles. The van der Waals surface area contributed by atoms with E-state index in [1.807, 2.05) is 18.7 Å². The molecule has 1 atom stereocenters. The Balaban J connectivity index is 3.91. The topological polar surface area (TPSA) is 29.1 Å². The highest BCUT2D eigenvalue weighted by Crippen LogP contribution is 2.07. The predicted octanol–water partition coefficient (Wildman–Crippen LogP) is 2.48. The molecule has 0 aliphatic heterocycles. The van der Waals surface area contributed by atoms with Crippen molar-refractivity contribution >= 4 is 17.5 Å². The molecule has 0 aromatic heterocycles. The molecule has 0 radical (unpaired) electrons. The molecule has 0 aromatic rings. The highest BCUT2D eigenvalue weighted by Gasteiger charge is 2.16. The summed E-state index contributed by atoms with van der Waals surface area (Å²) in [6, 6.07) is 0.459. The van der Waals surface area contributed by atoms with Gasteiger partial charge in [-0.3, -0.25) is 4.79 Å². The predicted molar refractivity (Wildman–Crippen MR) is 65.0 cm³/mol. The molecule has 0 amide bonds. The average molecular weight is 217 g/mol. The molecular weight excluding hydrogens is 194 g/mol. The van der Waals surface area contributed by atoms with Gasteiger partial charge in [-0.25, -0.2) is 0 Å². The third-order valence-electron chi connectivity index (χ3n) is 2.03. The minimum atomic E-state index is 0.0686. The first-order valence-electron chi connectivity index (χ1n) is 5.48. The van der Waals surface area contributed by atoms with E-state index >= 15 is 0 Å². The van der Waals surface area contributed by atoms with Crippen molar-refractivity contribution in [1.82, 2.24) is 5.32 Å². The molecule has 14 heavy (non-hydrogen) atoms. The third kappa shape index (κ3) is 6.44. The Morgan fingerprint density at radius 3 is 2.43 bits per heavy atom. The van der Waals surface area contributed by atoms with Crippen LogP contribution in [-0.2, 0) is 4.79 Å². The number of ketones is 1. The maximum absolute atomic E-state index is 11.6. The van der Waals surface area contributed by atoms with Gasteiger partial charge in [0.2, 0.25) is 0 Å². The van der Waals surface area contributed by atoms with Crippen molar-refractivity contribution in [3.63, 3.8) is 0 Å². The minimum absolute atomic E-state index is 0.0686. The van der Waals surface area contributed by atoms with E-state index in [1.165, 1.54) is 0 Å². The standard InChI is InChI=1S/C11H23NOS/c1-5-11(13)10(12-9(3)4)7-8-14-6-2/h9-10,12H,5-8H2,1-4H3. The van der Waals surface area contributed by atoms with E-state index in [0.29, 0.717) is 18.2 Å². The van der Waals surface area contributed by atoms with Gasteiger partial charge in [-0.1, -0.05) is 27.7 Å². The molecule has 0 fully saturated rings. The number of hydrogen-bond acceptors (Lipinski definition) is 3. The Morgan fingerprint density at radius 2 is 2.00 bits per heavy atom. The quantitative estimate of drug-likeness (QED) is 0.633. The van der Waals surface area contributed by atoms with Crippen LogP contribution in [-0.4, -0.2) is 29.4 Å². The Labute approximate surface area is 92.2 Å². The van der Waals surface area contributed by atoms with E-state index in [0.717, 1.165) is 17.9 Å². The van der Waals surface area contributed by atoms with Gasteiger partial charge in [0, 0.05) is 12.5 Å². The second-order valence-corrected chi connectivity index (χ2v) is 5.07.